The van der Waals surface area contributed by atoms with Gasteiger partial charge in [0.2, 0.25) is 5.91 Å². The van der Waals surface area contributed by atoms with Crippen LogP contribution in [0.2, 0.25) is 0 Å². The molecule has 0 bridgehead atoms. The van der Waals surface area contributed by atoms with Crippen molar-refractivity contribution in [1.82, 2.24) is 24.6 Å². The van der Waals surface area contributed by atoms with E-state index >= 15 is 0 Å². The molecule has 4 heterocycles. The van der Waals surface area contributed by atoms with Gasteiger partial charge < -0.3 is 25.6 Å². The fraction of sp³-hybridized carbons (Fsp3) is 0.300. The molecule has 2 amide bonds. The first-order valence-electron chi connectivity index (χ1n) is 13.6. The number of rotatable bonds is 6. The van der Waals surface area contributed by atoms with E-state index in [1.54, 1.807) is 4.90 Å². The number of nitrogens with one attached hydrogen (secondary N) is 1. The molecule has 1 atom stereocenters. The van der Waals surface area contributed by atoms with Crippen LogP contribution >= 0.6 is 0 Å². The molecule has 0 saturated carbocycles. The van der Waals surface area contributed by atoms with Gasteiger partial charge in [0.1, 0.15) is 23.6 Å². The molecule has 11 heteroatoms. The van der Waals surface area contributed by atoms with Gasteiger partial charge in [-0.1, -0.05) is 6.58 Å². The molecule has 1 fully saturated rings. The van der Waals surface area contributed by atoms with Crippen LogP contribution in [0.4, 0.5) is 17.2 Å². The minimum atomic E-state index is -0.194. The summed E-state index contributed by atoms with van der Waals surface area (Å²) in [6.07, 6.45) is 5.10. The maximum absolute atomic E-state index is 13.1. The molecular formula is C30H32N8O3. The van der Waals surface area contributed by atoms with Crippen LogP contribution in [-0.2, 0) is 11.2 Å². The highest BCUT2D eigenvalue weighted by Gasteiger charge is 2.30. The van der Waals surface area contributed by atoms with Crippen LogP contribution < -0.4 is 20.7 Å². The maximum Gasteiger partial charge on any atom is 0.255 e. The largest absolute Gasteiger partial charge is 0.492 e. The van der Waals surface area contributed by atoms with Gasteiger partial charge in [-0.05, 0) is 55.3 Å². The third-order valence-corrected chi connectivity index (χ3v) is 7.75. The molecule has 2 aromatic carbocycles. The van der Waals surface area contributed by atoms with E-state index in [1.165, 1.54) is 12.4 Å². The van der Waals surface area contributed by atoms with Crippen molar-refractivity contribution in [3.63, 3.8) is 0 Å². The van der Waals surface area contributed by atoms with Gasteiger partial charge in [0.05, 0.1) is 18.0 Å². The number of amides is 2. The van der Waals surface area contributed by atoms with Crippen LogP contribution in [0.25, 0.3) is 22.3 Å². The molecule has 6 rings (SSSR count). The second kappa shape index (κ2) is 10.6. The second-order valence-electron chi connectivity index (χ2n) is 10.5. The summed E-state index contributed by atoms with van der Waals surface area (Å²) in [7, 11) is 3.92. The van der Waals surface area contributed by atoms with Crippen LogP contribution in [-0.4, -0.2) is 70.3 Å². The Bertz CT molecular complexity index is 1660. The average molecular weight is 553 g/mol. The number of hydrogen-bond acceptors (Lipinski definition) is 8. The van der Waals surface area contributed by atoms with Crippen molar-refractivity contribution in [2.24, 2.45) is 0 Å². The van der Waals surface area contributed by atoms with Crippen LogP contribution in [0.1, 0.15) is 34.8 Å². The molecule has 2 aliphatic heterocycles. The SMILES string of the molecule is C=CC(=O)N1CCCC(n2nc(-c3ccc(NC(=O)c4ccc(N(C)C)cc4)c4c3OCC4)c3c(N)ncnc32)C1. The molecule has 2 aromatic heterocycles. The Morgan fingerprint density at radius 1 is 1.17 bits per heavy atom. The molecule has 1 unspecified atom stereocenters. The molecule has 0 aliphatic carbocycles. The maximum atomic E-state index is 13.1. The van der Waals surface area contributed by atoms with Gasteiger partial charge in [0.25, 0.3) is 5.91 Å². The number of carbonyl (C=O) groups is 2. The van der Waals surface area contributed by atoms with E-state index < -0.39 is 0 Å². The first kappa shape index (κ1) is 26.3. The van der Waals surface area contributed by atoms with Crippen LogP contribution in [0.5, 0.6) is 5.75 Å². The van der Waals surface area contributed by atoms with Crippen molar-refractivity contribution < 1.29 is 14.3 Å². The highest BCUT2D eigenvalue weighted by molar-refractivity contribution is 6.06. The van der Waals surface area contributed by atoms with Gasteiger partial charge >= 0.3 is 0 Å². The van der Waals surface area contributed by atoms with E-state index in [9.17, 15) is 9.59 Å². The van der Waals surface area contributed by atoms with E-state index in [0.29, 0.717) is 65.7 Å². The van der Waals surface area contributed by atoms with Crippen molar-refractivity contribution in [2.45, 2.75) is 25.3 Å². The van der Waals surface area contributed by atoms with Gasteiger partial charge in [-0.25, -0.2) is 14.6 Å². The number of hydrogen-bond donors (Lipinski definition) is 2. The number of carbonyl (C=O) groups excluding carboxylic acids is 2. The third-order valence-electron chi connectivity index (χ3n) is 7.75. The number of nitrogens with zero attached hydrogens (tertiary/aromatic N) is 6. The van der Waals surface area contributed by atoms with E-state index in [0.717, 1.165) is 29.7 Å². The summed E-state index contributed by atoms with van der Waals surface area (Å²) < 4.78 is 7.97. The number of fused-ring (bicyclic) bond motifs is 2. The molecule has 11 nitrogen and oxygen atoms in total. The third kappa shape index (κ3) is 4.73. The molecule has 2 aliphatic rings. The minimum absolute atomic E-state index is 0.0791. The van der Waals surface area contributed by atoms with Crippen LogP contribution in [0.3, 0.4) is 0 Å². The lowest BCUT2D eigenvalue weighted by molar-refractivity contribution is -0.127. The number of piperidine rings is 1. The number of benzene rings is 2. The van der Waals surface area contributed by atoms with Gasteiger partial charge in [-0.2, -0.15) is 5.10 Å². The molecule has 0 spiro atoms. The van der Waals surface area contributed by atoms with Crippen molar-refractivity contribution in [3.05, 3.63) is 66.5 Å². The number of anilines is 3. The smallest absolute Gasteiger partial charge is 0.255 e. The summed E-state index contributed by atoms with van der Waals surface area (Å²) in [5.74, 6) is 0.683. The Labute approximate surface area is 237 Å². The lowest BCUT2D eigenvalue weighted by atomic mass is 10.0. The van der Waals surface area contributed by atoms with Gasteiger partial charge in [0, 0.05) is 61.7 Å². The average Bonchev–Trinajstić information content (AvgIpc) is 3.64. The van der Waals surface area contributed by atoms with E-state index in [4.69, 9.17) is 15.6 Å². The van der Waals surface area contributed by atoms with Gasteiger partial charge in [-0.3, -0.25) is 9.59 Å². The zero-order valence-corrected chi connectivity index (χ0v) is 23.1. The standard InChI is InChI=1S/C30H32N8O3/c1-4-24(39)37-14-5-6-20(16-37)38-29-25(28(31)32-17-33-29)26(35-38)22-11-12-23(21-13-15-41-27(21)22)34-30(40)18-7-9-19(10-8-18)36(2)3/h4,7-12,17,20H,1,5-6,13-16H2,2-3H3,(H,34,40)(H2,31,32,33). The minimum Gasteiger partial charge on any atom is -0.492 e. The summed E-state index contributed by atoms with van der Waals surface area (Å²) in [6, 6.07) is 11.1. The summed E-state index contributed by atoms with van der Waals surface area (Å²) in [4.78, 5) is 38.0. The Morgan fingerprint density at radius 3 is 2.73 bits per heavy atom. The predicted octanol–water partition coefficient (Wildman–Crippen LogP) is 3.68. The summed E-state index contributed by atoms with van der Waals surface area (Å²) in [5.41, 5.74) is 11.5. The van der Waals surface area contributed by atoms with Gasteiger partial charge in [0.15, 0.2) is 5.65 Å². The highest BCUT2D eigenvalue weighted by atomic mass is 16.5. The second-order valence-corrected chi connectivity index (χ2v) is 10.5. The molecule has 3 N–H and O–H groups in total. The molecule has 1 saturated heterocycles. The Morgan fingerprint density at radius 2 is 1.98 bits per heavy atom. The number of likely N-dealkylation sites (tertiary alicyclic amines) is 1. The Hall–Kier alpha value is -4.93. The van der Waals surface area contributed by atoms with E-state index in [2.05, 4.69) is 21.9 Å². The highest BCUT2D eigenvalue weighted by Crippen LogP contribution is 2.44. The number of ether oxygens (including phenoxy) is 1. The van der Waals surface area contributed by atoms with Crippen molar-refractivity contribution in [1.29, 1.82) is 0 Å². The van der Waals surface area contributed by atoms with Gasteiger partial charge in [-0.15, -0.1) is 0 Å². The van der Waals surface area contributed by atoms with Crippen LogP contribution in [0, 0.1) is 0 Å². The molecular weight excluding hydrogens is 520 g/mol. The first-order chi connectivity index (χ1) is 19.9. The number of nitrogens with two attached hydrogens (primary N) is 1. The monoisotopic (exact) mass is 552 g/mol. The molecule has 41 heavy (non-hydrogen) atoms. The summed E-state index contributed by atoms with van der Waals surface area (Å²) in [5, 5.41) is 8.69. The lowest BCUT2D eigenvalue weighted by Gasteiger charge is -2.32. The Kier molecular flexibility index (Phi) is 6.78. The van der Waals surface area contributed by atoms with Crippen molar-refractivity contribution in [3.8, 4) is 17.0 Å². The van der Waals surface area contributed by atoms with Crippen molar-refractivity contribution in [2.75, 3.05) is 49.7 Å². The summed E-state index contributed by atoms with van der Waals surface area (Å²) >= 11 is 0. The first-order valence-corrected chi connectivity index (χ1v) is 13.6. The zero-order chi connectivity index (χ0) is 28.7. The fourth-order valence-corrected chi connectivity index (χ4v) is 5.63. The van der Waals surface area contributed by atoms with Crippen molar-refractivity contribution >= 4 is 40.0 Å². The van der Waals surface area contributed by atoms with E-state index in [-0.39, 0.29) is 17.9 Å². The number of aromatic nitrogens is 4. The normalized spacial score (nSPS) is 16.2. The quantitative estimate of drug-likeness (QED) is 0.347. The van der Waals surface area contributed by atoms with Crippen LogP contribution in [0.15, 0.2) is 55.4 Å². The van der Waals surface area contributed by atoms with E-state index in [1.807, 2.05) is 60.1 Å². The topological polar surface area (TPSA) is 132 Å². The summed E-state index contributed by atoms with van der Waals surface area (Å²) in [6.45, 7) is 5.30. The molecule has 210 valence electrons. The Balaban J connectivity index is 1.37. The molecule has 0 radical (unpaired) electrons. The predicted molar refractivity (Wildman–Crippen MR) is 158 cm³/mol. The zero-order valence-electron chi connectivity index (χ0n) is 23.1. The molecule has 4 aromatic rings. The lowest BCUT2D eigenvalue weighted by Crippen LogP contribution is -2.40. The fourth-order valence-electron chi connectivity index (χ4n) is 5.63. The number of nitrogen functional groups attached to an aromatic ring is 1.